The van der Waals surface area contributed by atoms with E-state index in [0.717, 1.165) is 5.52 Å². The number of aryl methyl sites for hydroxylation is 1. The third-order valence-electron chi connectivity index (χ3n) is 3.41. The topological polar surface area (TPSA) is 61.2 Å². The molecule has 1 atom stereocenters. The first-order chi connectivity index (χ1) is 9.89. The van der Waals surface area contributed by atoms with Crippen LogP contribution in [0.15, 0.2) is 18.2 Å². The lowest BCUT2D eigenvalue weighted by molar-refractivity contribution is 0.419. The smallest absolute Gasteiger partial charge is 0.151 e. The Morgan fingerprint density at radius 1 is 1.43 bits per heavy atom. The van der Waals surface area contributed by atoms with Gasteiger partial charge in [0.2, 0.25) is 0 Å². The summed E-state index contributed by atoms with van der Waals surface area (Å²) in [6.45, 7) is 3.81. The number of rotatable bonds is 6. The maximum atomic E-state index is 11.7. The van der Waals surface area contributed by atoms with E-state index in [2.05, 4.69) is 4.98 Å². The van der Waals surface area contributed by atoms with E-state index in [-0.39, 0.29) is 16.9 Å². The van der Waals surface area contributed by atoms with Gasteiger partial charge in [0.25, 0.3) is 0 Å². The van der Waals surface area contributed by atoms with Gasteiger partial charge in [-0.05, 0) is 19.1 Å². The minimum Gasteiger partial charge on any atom is -0.494 e. The zero-order valence-electron chi connectivity index (χ0n) is 12.3. The minimum absolute atomic E-state index is 0.0722. The molecule has 1 heterocycles. The summed E-state index contributed by atoms with van der Waals surface area (Å²) in [7, 11) is -1.46. The maximum absolute atomic E-state index is 11.7. The second kappa shape index (κ2) is 6.23. The summed E-state index contributed by atoms with van der Waals surface area (Å²) in [5.41, 5.74) is 1.54. The molecule has 2 rings (SSSR count). The van der Waals surface area contributed by atoms with Crippen molar-refractivity contribution in [3.8, 4) is 5.75 Å². The molecule has 0 spiro atoms. The van der Waals surface area contributed by atoms with Gasteiger partial charge in [0.1, 0.15) is 17.1 Å². The fraction of sp³-hybridized carbons (Fsp3) is 0.500. The van der Waals surface area contributed by atoms with E-state index >= 15 is 0 Å². The van der Waals surface area contributed by atoms with Crippen molar-refractivity contribution in [1.82, 2.24) is 9.55 Å². The van der Waals surface area contributed by atoms with Crippen LogP contribution < -0.4 is 4.74 Å². The van der Waals surface area contributed by atoms with Gasteiger partial charge >= 0.3 is 0 Å². The van der Waals surface area contributed by atoms with Gasteiger partial charge in [-0.25, -0.2) is 13.4 Å². The van der Waals surface area contributed by atoms with E-state index < -0.39 is 9.84 Å². The first-order valence-electron chi connectivity index (χ1n) is 6.77. The maximum Gasteiger partial charge on any atom is 0.151 e. The number of alkyl halides is 1. The average molecular weight is 331 g/mol. The lowest BCUT2D eigenvalue weighted by atomic mass is 10.3. The van der Waals surface area contributed by atoms with Gasteiger partial charge < -0.3 is 9.30 Å². The molecule has 5 nitrogen and oxygen atoms in total. The standard InChI is InChI=1S/C14H19ClN2O3S/c1-4-21(18,19)9-8-17-11-6-5-7-12(20-3)13(11)16-14(17)10(2)15/h5-7,10H,4,8-9H2,1-3H3. The monoisotopic (exact) mass is 330 g/mol. The molecule has 0 aliphatic rings. The highest BCUT2D eigenvalue weighted by Gasteiger charge is 2.19. The van der Waals surface area contributed by atoms with E-state index in [9.17, 15) is 8.42 Å². The molecule has 21 heavy (non-hydrogen) atoms. The number of imidazole rings is 1. The molecular formula is C14H19ClN2O3S. The molecule has 0 amide bonds. The number of fused-ring (bicyclic) bond motifs is 1. The van der Waals surface area contributed by atoms with Crippen molar-refractivity contribution in [3.63, 3.8) is 0 Å². The van der Waals surface area contributed by atoms with Crippen LogP contribution in [0.25, 0.3) is 11.0 Å². The molecule has 1 aromatic carbocycles. The Hall–Kier alpha value is -1.27. The van der Waals surface area contributed by atoms with Crippen molar-refractivity contribution in [2.75, 3.05) is 18.6 Å². The molecule has 7 heteroatoms. The predicted octanol–water partition coefficient (Wildman–Crippen LogP) is 2.78. The Morgan fingerprint density at radius 3 is 2.71 bits per heavy atom. The summed E-state index contributed by atoms with van der Waals surface area (Å²) in [4.78, 5) is 4.52. The first-order valence-corrected chi connectivity index (χ1v) is 9.03. The van der Waals surface area contributed by atoms with Crippen molar-refractivity contribution in [3.05, 3.63) is 24.0 Å². The van der Waals surface area contributed by atoms with Crippen LogP contribution in [0.4, 0.5) is 0 Å². The van der Waals surface area contributed by atoms with Crippen molar-refractivity contribution >= 4 is 32.5 Å². The normalized spacial score (nSPS) is 13.5. The van der Waals surface area contributed by atoms with E-state index in [1.807, 2.05) is 29.7 Å². The van der Waals surface area contributed by atoms with E-state index in [1.54, 1.807) is 14.0 Å². The van der Waals surface area contributed by atoms with Gasteiger partial charge in [0.05, 0.1) is 23.8 Å². The minimum atomic E-state index is -3.05. The van der Waals surface area contributed by atoms with Crippen LogP contribution in [0, 0.1) is 0 Å². The van der Waals surface area contributed by atoms with Crippen LogP contribution in [-0.2, 0) is 16.4 Å². The largest absolute Gasteiger partial charge is 0.494 e. The van der Waals surface area contributed by atoms with Crippen LogP contribution in [0.2, 0.25) is 0 Å². The molecule has 116 valence electrons. The Balaban J connectivity index is 2.52. The molecular weight excluding hydrogens is 312 g/mol. The van der Waals surface area contributed by atoms with Gasteiger partial charge in [0, 0.05) is 12.3 Å². The van der Waals surface area contributed by atoms with Gasteiger partial charge in [-0.3, -0.25) is 0 Å². The fourth-order valence-electron chi connectivity index (χ4n) is 2.22. The lowest BCUT2D eigenvalue weighted by Crippen LogP contribution is -2.16. The van der Waals surface area contributed by atoms with Gasteiger partial charge in [0.15, 0.2) is 9.84 Å². The number of ether oxygens (including phenoxy) is 1. The summed E-state index contributed by atoms with van der Waals surface area (Å²) in [5.74, 6) is 1.52. The molecule has 2 aromatic rings. The number of benzene rings is 1. The summed E-state index contributed by atoms with van der Waals surface area (Å²) < 4.78 is 30.7. The SMILES string of the molecule is CCS(=O)(=O)CCn1c(C(C)Cl)nc2c(OC)cccc21. The zero-order valence-corrected chi connectivity index (χ0v) is 13.9. The molecule has 1 unspecified atom stereocenters. The summed E-state index contributed by atoms with van der Waals surface area (Å²) in [5, 5.41) is -0.313. The van der Waals surface area contributed by atoms with Gasteiger partial charge in [-0.2, -0.15) is 0 Å². The number of nitrogens with zero attached hydrogens (tertiary/aromatic N) is 2. The number of aromatic nitrogens is 2. The number of halogens is 1. The van der Waals surface area contributed by atoms with E-state index in [1.165, 1.54) is 0 Å². The molecule has 0 aliphatic heterocycles. The van der Waals surface area contributed by atoms with Crippen molar-refractivity contribution in [1.29, 1.82) is 0 Å². The van der Waals surface area contributed by atoms with Crippen molar-refractivity contribution < 1.29 is 13.2 Å². The molecule has 0 fully saturated rings. The number of methoxy groups -OCH3 is 1. The number of hydrogen-bond acceptors (Lipinski definition) is 4. The number of para-hydroxylation sites is 1. The third-order valence-corrected chi connectivity index (χ3v) is 5.29. The molecule has 0 saturated carbocycles. The van der Waals surface area contributed by atoms with Crippen molar-refractivity contribution in [2.24, 2.45) is 0 Å². The molecule has 0 N–H and O–H groups in total. The van der Waals surface area contributed by atoms with Gasteiger partial charge in [-0.1, -0.05) is 13.0 Å². The molecule has 0 bridgehead atoms. The van der Waals surface area contributed by atoms with Crippen LogP contribution in [0.5, 0.6) is 5.75 Å². The lowest BCUT2D eigenvalue weighted by Gasteiger charge is -2.10. The molecule has 0 radical (unpaired) electrons. The van der Waals surface area contributed by atoms with Crippen LogP contribution in [0.1, 0.15) is 25.0 Å². The second-order valence-corrected chi connectivity index (χ2v) is 7.93. The van der Waals surface area contributed by atoms with Crippen molar-refractivity contribution in [2.45, 2.75) is 25.8 Å². The number of hydrogen-bond donors (Lipinski definition) is 0. The first kappa shape index (κ1) is 16.1. The Kier molecular flexibility index (Phi) is 4.78. The van der Waals surface area contributed by atoms with E-state index in [0.29, 0.717) is 23.6 Å². The van der Waals surface area contributed by atoms with Gasteiger partial charge in [-0.15, -0.1) is 11.6 Å². The fourth-order valence-corrected chi connectivity index (χ4v) is 3.13. The molecule has 1 aromatic heterocycles. The Morgan fingerprint density at radius 2 is 2.14 bits per heavy atom. The highest BCUT2D eigenvalue weighted by molar-refractivity contribution is 7.91. The second-order valence-electron chi connectivity index (χ2n) is 4.80. The third kappa shape index (κ3) is 3.32. The molecule has 0 aliphatic carbocycles. The zero-order chi connectivity index (χ0) is 15.6. The Bertz CT molecular complexity index is 738. The summed E-state index contributed by atoms with van der Waals surface area (Å²) in [6.07, 6.45) is 0. The van der Waals surface area contributed by atoms with Crippen LogP contribution >= 0.6 is 11.6 Å². The summed E-state index contributed by atoms with van der Waals surface area (Å²) in [6, 6.07) is 5.58. The predicted molar refractivity (Wildman–Crippen MR) is 84.9 cm³/mol. The van der Waals surface area contributed by atoms with Crippen LogP contribution in [-0.4, -0.2) is 36.6 Å². The highest BCUT2D eigenvalue weighted by Crippen LogP contribution is 2.30. The average Bonchev–Trinajstić information content (AvgIpc) is 2.84. The Labute approximate surface area is 129 Å². The van der Waals surface area contributed by atoms with Crippen LogP contribution in [0.3, 0.4) is 0 Å². The molecule has 0 saturated heterocycles. The highest BCUT2D eigenvalue weighted by atomic mass is 35.5. The van der Waals surface area contributed by atoms with E-state index in [4.69, 9.17) is 16.3 Å². The summed E-state index contributed by atoms with van der Waals surface area (Å²) >= 11 is 6.19. The quantitative estimate of drug-likeness (QED) is 0.764. The number of sulfone groups is 1.